The van der Waals surface area contributed by atoms with E-state index in [-0.39, 0.29) is 17.7 Å². The smallest absolute Gasteiger partial charge is 0.251 e. The lowest BCUT2D eigenvalue weighted by Gasteiger charge is -2.20. The Bertz CT molecular complexity index is 745. The normalized spacial score (nSPS) is 11.9. The number of carbonyl (C=O) groups is 2. The Morgan fingerprint density at radius 2 is 1.76 bits per heavy atom. The standard InChI is InChI=1S/C20H23ClN2O2/c1-13(2)11-18(24)23-19(15-7-5-4-6-8-15)20(25)22-17-10-9-16(21)12-14(17)3/h4-10,12-13,19H,11H2,1-3H3,(H,22,25)(H,23,24). The van der Waals surface area contributed by atoms with Crippen LogP contribution < -0.4 is 10.6 Å². The molecule has 2 N–H and O–H groups in total. The van der Waals surface area contributed by atoms with Gasteiger partial charge >= 0.3 is 0 Å². The zero-order valence-corrected chi connectivity index (χ0v) is 15.4. The molecule has 2 aromatic rings. The number of nitrogens with one attached hydrogen (secondary N) is 2. The Morgan fingerprint density at radius 3 is 2.36 bits per heavy atom. The molecule has 0 aliphatic heterocycles. The molecule has 0 heterocycles. The molecule has 2 rings (SSSR count). The molecule has 0 fully saturated rings. The second-order valence-electron chi connectivity index (χ2n) is 6.46. The van der Waals surface area contributed by atoms with E-state index in [2.05, 4.69) is 10.6 Å². The minimum atomic E-state index is -0.748. The molecule has 0 saturated carbocycles. The van der Waals surface area contributed by atoms with Gasteiger partial charge in [-0.25, -0.2) is 0 Å². The fourth-order valence-electron chi connectivity index (χ4n) is 2.51. The van der Waals surface area contributed by atoms with Gasteiger partial charge in [-0.2, -0.15) is 0 Å². The van der Waals surface area contributed by atoms with Gasteiger partial charge in [-0.05, 0) is 42.2 Å². The predicted octanol–water partition coefficient (Wildman–Crippen LogP) is 4.49. The van der Waals surface area contributed by atoms with E-state index in [0.29, 0.717) is 17.1 Å². The van der Waals surface area contributed by atoms with E-state index >= 15 is 0 Å². The first kappa shape index (κ1) is 19.0. The summed E-state index contributed by atoms with van der Waals surface area (Å²) in [6.07, 6.45) is 0.372. The molecular formula is C20H23ClN2O2. The van der Waals surface area contributed by atoms with E-state index in [9.17, 15) is 9.59 Å². The lowest BCUT2D eigenvalue weighted by atomic mass is 10.0. The highest BCUT2D eigenvalue weighted by molar-refractivity contribution is 6.30. The van der Waals surface area contributed by atoms with Crippen LogP contribution in [0.1, 0.15) is 37.4 Å². The third-order valence-electron chi connectivity index (χ3n) is 3.74. The molecule has 0 spiro atoms. The molecule has 1 unspecified atom stereocenters. The maximum atomic E-state index is 12.8. The first-order chi connectivity index (χ1) is 11.9. The Morgan fingerprint density at radius 1 is 1.08 bits per heavy atom. The SMILES string of the molecule is Cc1cc(Cl)ccc1NC(=O)C(NC(=O)CC(C)C)c1ccccc1. The summed E-state index contributed by atoms with van der Waals surface area (Å²) in [4.78, 5) is 25.0. The van der Waals surface area contributed by atoms with E-state index in [1.807, 2.05) is 51.1 Å². The van der Waals surface area contributed by atoms with Gasteiger partial charge in [0.1, 0.15) is 6.04 Å². The molecule has 0 aromatic heterocycles. The van der Waals surface area contributed by atoms with Crippen LogP contribution in [-0.4, -0.2) is 11.8 Å². The van der Waals surface area contributed by atoms with Gasteiger partial charge in [0.15, 0.2) is 0 Å². The fourth-order valence-corrected chi connectivity index (χ4v) is 2.74. The largest absolute Gasteiger partial charge is 0.341 e. The van der Waals surface area contributed by atoms with E-state index in [1.165, 1.54) is 0 Å². The molecule has 0 radical (unpaired) electrons. The summed E-state index contributed by atoms with van der Waals surface area (Å²) in [6, 6.07) is 13.7. The van der Waals surface area contributed by atoms with E-state index < -0.39 is 6.04 Å². The number of aryl methyl sites for hydroxylation is 1. The number of hydrogen-bond donors (Lipinski definition) is 2. The van der Waals surface area contributed by atoms with Gasteiger partial charge in [0.25, 0.3) is 5.91 Å². The third-order valence-corrected chi connectivity index (χ3v) is 3.98. The maximum absolute atomic E-state index is 12.8. The Labute approximate surface area is 153 Å². The Kier molecular flexibility index (Phi) is 6.59. The molecule has 0 aliphatic rings. The van der Waals surface area contributed by atoms with E-state index in [1.54, 1.807) is 18.2 Å². The summed E-state index contributed by atoms with van der Waals surface area (Å²) in [7, 11) is 0. The van der Waals surface area contributed by atoms with Crippen molar-refractivity contribution in [2.24, 2.45) is 5.92 Å². The first-order valence-electron chi connectivity index (χ1n) is 8.28. The van der Waals surface area contributed by atoms with Crippen LogP contribution in [0.5, 0.6) is 0 Å². The summed E-state index contributed by atoms with van der Waals surface area (Å²) in [6.45, 7) is 5.80. The van der Waals surface area contributed by atoms with Crippen LogP contribution in [0.4, 0.5) is 5.69 Å². The molecule has 2 amide bonds. The maximum Gasteiger partial charge on any atom is 0.251 e. The van der Waals surface area contributed by atoms with Gasteiger partial charge in [0.2, 0.25) is 5.91 Å². The van der Waals surface area contributed by atoms with Crippen molar-refractivity contribution in [2.45, 2.75) is 33.2 Å². The summed E-state index contributed by atoms with van der Waals surface area (Å²) in [5.41, 5.74) is 2.28. The molecule has 25 heavy (non-hydrogen) atoms. The summed E-state index contributed by atoms with van der Waals surface area (Å²) >= 11 is 5.96. The number of benzene rings is 2. The molecule has 4 nitrogen and oxygen atoms in total. The van der Waals surface area contributed by atoms with Gasteiger partial charge < -0.3 is 10.6 Å². The number of amides is 2. The van der Waals surface area contributed by atoms with Gasteiger partial charge in [-0.1, -0.05) is 55.8 Å². The van der Waals surface area contributed by atoms with Gasteiger partial charge in [0, 0.05) is 17.1 Å². The van der Waals surface area contributed by atoms with Crippen LogP contribution in [0.3, 0.4) is 0 Å². The average molecular weight is 359 g/mol. The van der Waals surface area contributed by atoms with Crippen molar-refractivity contribution in [1.82, 2.24) is 5.32 Å². The molecule has 132 valence electrons. The minimum Gasteiger partial charge on any atom is -0.341 e. The van der Waals surface area contributed by atoms with E-state index in [4.69, 9.17) is 11.6 Å². The van der Waals surface area contributed by atoms with Crippen LogP contribution in [0, 0.1) is 12.8 Å². The van der Waals surface area contributed by atoms with Crippen molar-refractivity contribution < 1.29 is 9.59 Å². The van der Waals surface area contributed by atoms with Crippen LogP contribution in [-0.2, 0) is 9.59 Å². The zero-order chi connectivity index (χ0) is 18.4. The number of anilines is 1. The van der Waals surface area contributed by atoms with Crippen molar-refractivity contribution >= 4 is 29.1 Å². The van der Waals surface area contributed by atoms with Crippen molar-refractivity contribution in [3.05, 3.63) is 64.7 Å². The number of halogens is 1. The van der Waals surface area contributed by atoms with Crippen LogP contribution in [0.25, 0.3) is 0 Å². The Balaban J connectivity index is 2.22. The van der Waals surface area contributed by atoms with Crippen molar-refractivity contribution in [1.29, 1.82) is 0 Å². The molecule has 5 heteroatoms. The fraction of sp³-hybridized carbons (Fsp3) is 0.300. The highest BCUT2D eigenvalue weighted by atomic mass is 35.5. The molecule has 0 saturated heterocycles. The van der Waals surface area contributed by atoms with Gasteiger partial charge in [-0.15, -0.1) is 0 Å². The monoisotopic (exact) mass is 358 g/mol. The van der Waals surface area contributed by atoms with Gasteiger partial charge in [-0.3, -0.25) is 9.59 Å². The minimum absolute atomic E-state index is 0.146. The van der Waals surface area contributed by atoms with E-state index in [0.717, 1.165) is 11.1 Å². The highest BCUT2D eigenvalue weighted by Gasteiger charge is 2.23. The quantitative estimate of drug-likeness (QED) is 0.799. The lowest BCUT2D eigenvalue weighted by molar-refractivity contribution is -0.127. The summed E-state index contributed by atoms with van der Waals surface area (Å²) in [5.74, 6) is -0.210. The number of rotatable bonds is 6. The van der Waals surface area contributed by atoms with Crippen LogP contribution in [0.2, 0.25) is 5.02 Å². The molecule has 0 aliphatic carbocycles. The second kappa shape index (κ2) is 8.67. The molecule has 1 atom stereocenters. The second-order valence-corrected chi connectivity index (χ2v) is 6.89. The van der Waals surface area contributed by atoms with Crippen molar-refractivity contribution in [3.8, 4) is 0 Å². The van der Waals surface area contributed by atoms with Crippen molar-refractivity contribution in [3.63, 3.8) is 0 Å². The molecular weight excluding hydrogens is 336 g/mol. The predicted molar refractivity (Wildman–Crippen MR) is 102 cm³/mol. The third kappa shape index (κ3) is 5.61. The summed E-state index contributed by atoms with van der Waals surface area (Å²) < 4.78 is 0. The molecule has 0 bridgehead atoms. The highest BCUT2D eigenvalue weighted by Crippen LogP contribution is 2.22. The molecule has 2 aromatic carbocycles. The summed E-state index contributed by atoms with van der Waals surface area (Å²) in [5, 5.41) is 6.33. The zero-order valence-electron chi connectivity index (χ0n) is 14.7. The first-order valence-corrected chi connectivity index (χ1v) is 8.66. The average Bonchev–Trinajstić information content (AvgIpc) is 2.55. The topological polar surface area (TPSA) is 58.2 Å². The van der Waals surface area contributed by atoms with Crippen molar-refractivity contribution in [2.75, 3.05) is 5.32 Å². The van der Waals surface area contributed by atoms with Crippen LogP contribution in [0.15, 0.2) is 48.5 Å². The number of carbonyl (C=O) groups excluding carboxylic acids is 2. The number of hydrogen-bond acceptors (Lipinski definition) is 2. The van der Waals surface area contributed by atoms with Gasteiger partial charge in [0.05, 0.1) is 0 Å². The lowest BCUT2D eigenvalue weighted by Crippen LogP contribution is -2.37. The Hall–Kier alpha value is -2.33. The van der Waals surface area contributed by atoms with Crippen LogP contribution >= 0.6 is 11.6 Å².